The summed E-state index contributed by atoms with van der Waals surface area (Å²) in [5.41, 5.74) is 3.30. The Kier molecular flexibility index (Phi) is 6.62. The lowest BCUT2D eigenvalue weighted by atomic mass is 9.84. The van der Waals surface area contributed by atoms with Crippen LogP contribution in [-0.4, -0.2) is 0 Å². The maximum Gasteiger partial charge on any atom is 0.194 e. The van der Waals surface area contributed by atoms with Crippen molar-refractivity contribution in [3.63, 3.8) is 0 Å². The second kappa shape index (κ2) is 10.1. The molecule has 0 saturated heterocycles. The Labute approximate surface area is 233 Å². The molecule has 0 aliphatic carbocycles. The second-order valence-corrected chi connectivity index (χ2v) is 9.95. The molecular weight excluding hydrogens is 590 g/mol. The minimum Gasteiger partial charge on any atom is -0.204 e. The molecule has 0 aromatic heterocycles. The number of halogens is 7. The molecule has 40 heavy (non-hydrogen) atoms. The van der Waals surface area contributed by atoms with Gasteiger partial charge in [0.1, 0.15) is 0 Å². The van der Waals surface area contributed by atoms with Crippen LogP contribution < -0.4 is 0 Å². The Bertz CT molecular complexity index is 1920. The maximum atomic E-state index is 14.3. The minimum absolute atomic E-state index is 0.145. The summed E-state index contributed by atoms with van der Waals surface area (Å²) in [5, 5.41) is 3.42. The van der Waals surface area contributed by atoms with Gasteiger partial charge in [0.05, 0.1) is 0 Å². The maximum absolute atomic E-state index is 14.3. The molecule has 0 aliphatic heterocycles. The van der Waals surface area contributed by atoms with Crippen LogP contribution in [0.25, 0.3) is 54.9 Å². The highest BCUT2D eigenvalue weighted by molar-refractivity contribution is 9.08. The number of benzene rings is 6. The zero-order chi connectivity index (χ0) is 28.1. The number of alkyl halides is 1. The average molecular weight is 607 g/mol. The molecule has 198 valence electrons. The fourth-order valence-electron chi connectivity index (χ4n) is 5.21. The van der Waals surface area contributed by atoms with E-state index in [1.807, 2.05) is 48.5 Å². The van der Waals surface area contributed by atoms with Crippen LogP contribution in [-0.2, 0) is 5.33 Å². The summed E-state index contributed by atoms with van der Waals surface area (Å²) >= 11 is 3.54. The Balaban J connectivity index is 1.74. The fraction of sp³-hybridized carbons (Fsp3) is 0.0303. The zero-order valence-electron chi connectivity index (χ0n) is 20.5. The molecule has 0 atom stereocenters. The van der Waals surface area contributed by atoms with Gasteiger partial charge in [-0.1, -0.05) is 64.5 Å². The van der Waals surface area contributed by atoms with Gasteiger partial charge in [0.2, 0.25) is 0 Å². The van der Waals surface area contributed by atoms with E-state index in [1.54, 1.807) is 18.2 Å². The van der Waals surface area contributed by atoms with Crippen molar-refractivity contribution in [2.45, 2.75) is 5.33 Å². The lowest BCUT2D eigenvalue weighted by molar-refractivity contribution is 0.447. The van der Waals surface area contributed by atoms with Crippen molar-refractivity contribution in [3.05, 3.63) is 131 Å². The molecule has 0 saturated carbocycles. The zero-order valence-corrected chi connectivity index (χ0v) is 22.1. The SMILES string of the molecule is Fc1cc(-c2cc(-c3c(CBr)c(-c4cc(F)c(F)c(F)c4)cc4ccccc34)c3ccccc3c2)cc(F)c1F. The molecule has 7 heteroatoms. The van der Waals surface area contributed by atoms with Crippen LogP contribution in [0.4, 0.5) is 26.3 Å². The lowest BCUT2D eigenvalue weighted by Crippen LogP contribution is -1.98. The molecule has 6 aromatic rings. The third-order valence-corrected chi connectivity index (χ3v) is 7.59. The van der Waals surface area contributed by atoms with Crippen molar-refractivity contribution < 1.29 is 26.3 Å². The third-order valence-electron chi connectivity index (χ3n) is 7.03. The van der Waals surface area contributed by atoms with Gasteiger partial charge in [0, 0.05) is 5.33 Å². The highest BCUT2D eigenvalue weighted by Crippen LogP contribution is 2.44. The summed E-state index contributed by atoms with van der Waals surface area (Å²) in [6.45, 7) is 0. The Morgan fingerprint density at radius 2 is 0.950 bits per heavy atom. The number of hydrogen-bond donors (Lipinski definition) is 0. The highest BCUT2D eigenvalue weighted by atomic mass is 79.9. The van der Waals surface area contributed by atoms with E-state index in [0.29, 0.717) is 22.3 Å². The number of fused-ring (bicyclic) bond motifs is 2. The quantitative estimate of drug-likeness (QED) is 0.106. The topological polar surface area (TPSA) is 0 Å². The predicted octanol–water partition coefficient (Wildman–Crippen LogP) is 10.7. The van der Waals surface area contributed by atoms with Crippen LogP contribution in [0.15, 0.2) is 91.0 Å². The van der Waals surface area contributed by atoms with Gasteiger partial charge in [-0.05, 0) is 103 Å². The van der Waals surface area contributed by atoms with Gasteiger partial charge in [-0.25, -0.2) is 26.3 Å². The molecular formula is C33H17BrF6. The Hall–Kier alpha value is -4.10. The Morgan fingerprint density at radius 1 is 0.475 bits per heavy atom. The smallest absolute Gasteiger partial charge is 0.194 e. The lowest BCUT2D eigenvalue weighted by Gasteiger charge is -2.20. The van der Waals surface area contributed by atoms with Gasteiger partial charge in [0.15, 0.2) is 34.9 Å². The van der Waals surface area contributed by atoms with E-state index in [2.05, 4.69) is 15.9 Å². The van der Waals surface area contributed by atoms with Crippen LogP contribution in [0.2, 0.25) is 0 Å². The van der Waals surface area contributed by atoms with Crippen molar-refractivity contribution in [1.82, 2.24) is 0 Å². The molecule has 6 rings (SSSR count). The molecule has 0 bridgehead atoms. The molecule has 0 aliphatic rings. The van der Waals surface area contributed by atoms with Crippen LogP contribution >= 0.6 is 15.9 Å². The summed E-state index contributed by atoms with van der Waals surface area (Å²) in [6.07, 6.45) is 0. The van der Waals surface area contributed by atoms with E-state index < -0.39 is 34.9 Å². The summed E-state index contributed by atoms with van der Waals surface area (Å²) in [6, 6.07) is 24.0. The van der Waals surface area contributed by atoms with Crippen molar-refractivity contribution in [2.75, 3.05) is 0 Å². The monoisotopic (exact) mass is 606 g/mol. The second-order valence-electron chi connectivity index (χ2n) is 9.39. The van der Waals surface area contributed by atoms with E-state index in [-0.39, 0.29) is 16.5 Å². The van der Waals surface area contributed by atoms with E-state index in [0.717, 1.165) is 51.4 Å². The van der Waals surface area contributed by atoms with Gasteiger partial charge in [-0.2, -0.15) is 0 Å². The van der Waals surface area contributed by atoms with Crippen molar-refractivity contribution >= 4 is 37.5 Å². The van der Waals surface area contributed by atoms with Gasteiger partial charge in [0.25, 0.3) is 0 Å². The fourth-order valence-corrected chi connectivity index (χ4v) is 5.79. The van der Waals surface area contributed by atoms with E-state index in [1.165, 1.54) is 0 Å². The summed E-state index contributed by atoms with van der Waals surface area (Å²) < 4.78 is 84.7. The molecule has 0 radical (unpaired) electrons. The third kappa shape index (κ3) is 4.34. The van der Waals surface area contributed by atoms with E-state index >= 15 is 0 Å². The molecule has 0 N–H and O–H groups in total. The minimum atomic E-state index is -1.55. The van der Waals surface area contributed by atoms with Crippen LogP contribution in [0.3, 0.4) is 0 Å². The molecule has 0 nitrogen and oxygen atoms in total. The first kappa shape index (κ1) is 26.1. The number of hydrogen-bond acceptors (Lipinski definition) is 0. The largest absolute Gasteiger partial charge is 0.204 e. The van der Waals surface area contributed by atoms with Crippen LogP contribution in [0.1, 0.15) is 5.56 Å². The van der Waals surface area contributed by atoms with Gasteiger partial charge in [-0.3, -0.25) is 0 Å². The first-order valence-corrected chi connectivity index (χ1v) is 13.3. The molecule has 0 fully saturated rings. The first-order valence-electron chi connectivity index (χ1n) is 12.2. The van der Waals surface area contributed by atoms with Crippen molar-refractivity contribution in [2.24, 2.45) is 0 Å². The normalized spacial score (nSPS) is 11.5. The van der Waals surface area contributed by atoms with Crippen molar-refractivity contribution in [1.29, 1.82) is 0 Å². The van der Waals surface area contributed by atoms with Crippen LogP contribution in [0, 0.1) is 34.9 Å². The highest BCUT2D eigenvalue weighted by Gasteiger charge is 2.21. The van der Waals surface area contributed by atoms with E-state index in [9.17, 15) is 26.3 Å². The molecule has 6 aromatic carbocycles. The average Bonchev–Trinajstić information content (AvgIpc) is 2.96. The Morgan fingerprint density at radius 3 is 1.52 bits per heavy atom. The molecule has 0 amide bonds. The van der Waals surface area contributed by atoms with Gasteiger partial charge < -0.3 is 0 Å². The summed E-state index contributed by atoms with van der Waals surface area (Å²) in [4.78, 5) is 0. The van der Waals surface area contributed by atoms with Gasteiger partial charge >= 0.3 is 0 Å². The summed E-state index contributed by atoms with van der Waals surface area (Å²) in [5.74, 6) is -8.33. The molecule has 0 spiro atoms. The van der Waals surface area contributed by atoms with Gasteiger partial charge in [-0.15, -0.1) is 0 Å². The summed E-state index contributed by atoms with van der Waals surface area (Å²) in [7, 11) is 0. The predicted molar refractivity (Wildman–Crippen MR) is 150 cm³/mol. The van der Waals surface area contributed by atoms with Crippen LogP contribution in [0.5, 0.6) is 0 Å². The van der Waals surface area contributed by atoms with Crippen molar-refractivity contribution in [3.8, 4) is 33.4 Å². The number of rotatable bonds is 4. The first-order chi connectivity index (χ1) is 19.3. The standard InChI is InChI=1S/C33H17BrF6/c34-16-26-24(21-14-29(37)33(40)30(38)15-21)10-18-6-2-4-8-23(18)31(26)25-11-19(9-17-5-1-3-7-22(17)25)20-12-27(35)32(39)28(36)13-20/h1-15H,16H2. The molecule has 0 heterocycles. The molecule has 0 unspecified atom stereocenters. The van der Waals surface area contributed by atoms with E-state index in [4.69, 9.17) is 0 Å².